The number of halogens is 1. The summed E-state index contributed by atoms with van der Waals surface area (Å²) < 4.78 is 7.02. The van der Waals surface area contributed by atoms with Crippen LogP contribution in [-0.4, -0.2) is 0 Å². The molecule has 0 spiro atoms. The Balaban J connectivity index is 2.57. The maximum Gasteiger partial charge on any atom is 0.148 e. The Morgan fingerprint density at radius 1 is 1.07 bits per heavy atom. The number of furan rings is 1. The first kappa shape index (κ1) is 9.21. The number of hydrogen-bond donors (Lipinski definition) is 0. The fourth-order valence-corrected chi connectivity index (χ4v) is 2.48. The summed E-state index contributed by atoms with van der Waals surface area (Å²) >= 11 is 2.31. The molecule has 0 amide bonds. The molecule has 0 bridgehead atoms. The Kier molecular flexibility index (Phi) is 1.99. The molecule has 2 aromatic carbocycles. The monoisotopic (exact) mass is 308 g/mol. The number of para-hydroxylation sites is 1. The van der Waals surface area contributed by atoms with E-state index in [2.05, 4.69) is 65.9 Å². The summed E-state index contributed by atoms with van der Waals surface area (Å²) in [4.78, 5) is 0. The van der Waals surface area contributed by atoms with Crippen molar-refractivity contribution in [2.45, 2.75) is 6.92 Å². The Labute approximate surface area is 101 Å². The van der Waals surface area contributed by atoms with E-state index in [-0.39, 0.29) is 0 Å². The third-order valence-corrected chi connectivity index (χ3v) is 3.46. The summed E-state index contributed by atoms with van der Waals surface area (Å²) in [5.41, 5.74) is 3.21. The van der Waals surface area contributed by atoms with Crippen LogP contribution in [0.1, 0.15) is 5.56 Å². The van der Waals surface area contributed by atoms with Gasteiger partial charge >= 0.3 is 0 Å². The van der Waals surface area contributed by atoms with Gasteiger partial charge in [-0.1, -0.05) is 24.3 Å². The smallest absolute Gasteiger partial charge is 0.148 e. The molecule has 0 atom stereocenters. The van der Waals surface area contributed by atoms with Crippen LogP contribution in [-0.2, 0) is 0 Å². The lowest BCUT2D eigenvalue weighted by Gasteiger charge is -1.91. The second-order valence-electron chi connectivity index (χ2n) is 3.72. The van der Waals surface area contributed by atoms with Crippen LogP contribution in [0.2, 0.25) is 0 Å². The van der Waals surface area contributed by atoms with Gasteiger partial charge in [-0.3, -0.25) is 0 Å². The second kappa shape index (κ2) is 3.23. The Morgan fingerprint density at radius 2 is 1.93 bits per heavy atom. The van der Waals surface area contributed by atoms with Gasteiger partial charge in [0.1, 0.15) is 11.2 Å². The fourth-order valence-electron chi connectivity index (χ4n) is 1.87. The van der Waals surface area contributed by atoms with Gasteiger partial charge < -0.3 is 4.42 Å². The molecule has 0 fully saturated rings. The molecule has 0 saturated heterocycles. The van der Waals surface area contributed by atoms with E-state index >= 15 is 0 Å². The molecule has 1 heterocycles. The topological polar surface area (TPSA) is 13.1 Å². The average Bonchev–Trinajstić information content (AvgIpc) is 2.57. The molecule has 3 aromatic rings. The summed E-state index contributed by atoms with van der Waals surface area (Å²) in [7, 11) is 0. The van der Waals surface area contributed by atoms with Gasteiger partial charge in [-0.25, -0.2) is 0 Å². The van der Waals surface area contributed by atoms with E-state index in [1.54, 1.807) is 0 Å². The van der Waals surface area contributed by atoms with Crippen LogP contribution in [0.4, 0.5) is 0 Å². The predicted octanol–water partition coefficient (Wildman–Crippen LogP) is 4.50. The van der Waals surface area contributed by atoms with E-state index in [1.165, 1.54) is 19.9 Å². The first-order valence-electron chi connectivity index (χ1n) is 4.83. The van der Waals surface area contributed by atoms with Crippen molar-refractivity contribution >= 4 is 44.5 Å². The lowest BCUT2D eigenvalue weighted by molar-refractivity contribution is 0.666. The van der Waals surface area contributed by atoms with Gasteiger partial charge in [-0.05, 0) is 47.2 Å². The molecular formula is C13H9IO. The molecule has 1 aromatic heterocycles. The van der Waals surface area contributed by atoms with Crippen LogP contribution < -0.4 is 0 Å². The van der Waals surface area contributed by atoms with E-state index in [0.29, 0.717) is 0 Å². The highest BCUT2D eigenvalue weighted by Crippen LogP contribution is 2.31. The number of aryl methyl sites for hydroxylation is 1. The minimum absolute atomic E-state index is 0.981. The van der Waals surface area contributed by atoms with E-state index in [1.807, 2.05) is 0 Å². The van der Waals surface area contributed by atoms with Crippen LogP contribution in [0, 0.1) is 10.5 Å². The van der Waals surface area contributed by atoms with Crippen LogP contribution in [0.15, 0.2) is 40.8 Å². The van der Waals surface area contributed by atoms with Crippen molar-refractivity contribution in [2.24, 2.45) is 0 Å². The predicted molar refractivity (Wildman–Crippen MR) is 71.2 cm³/mol. The van der Waals surface area contributed by atoms with Crippen molar-refractivity contribution < 1.29 is 4.42 Å². The van der Waals surface area contributed by atoms with Gasteiger partial charge in [0.25, 0.3) is 0 Å². The normalized spacial score (nSPS) is 11.3. The minimum atomic E-state index is 0.981. The second-order valence-corrected chi connectivity index (χ2v) is 4.88. The van der Waals surface area contributed by atoms with E-state index < -0.39 is 0 Å². The first-order chi connectivity index (χ1) is 7.25. The van der Waals surface area contributed by atoms with Crippen LogP contribution >= 0.6 is 22.6 Å². The Hall–Kier alpha value is -1.03. The maximum atomic E-state index is 5.86. The van der Waals surface area contributed by atoms with Crippen molar-refractivity contribution in [3.8, 4) is 0 Å². The number of fused-ring (bicyclic) bond motifs is 3. The molecule has 0 N–H and O–H groups in total. The van der Waals surface area contributed by atoms with E-state index in [4.69, 9.17) is 4.42 Å². The summed E-state index contributed by atoms with van der Waals surface area (Å²) in [6.07, 6.45) is 0. The lowest BCUT2D eigenvalue weighted by Crippen LogP contribution is -1.71. The van der Waals surface area contributed by atoms with Gasteiger partial charge in [-0.15, -0.1) is 0 Å². The van der Waals surface area contributed by atoms with Crippen molar-refractivity contribution in [2.75, 3.05) is 0 Å². The van der Waals surface area contributed by atoms with Crippen LogP contribution in [0.5, 0.6) is 0 Å². The molecule has 0 radical (unpaired) electrons. The fraction of sp³-hybridized carbons (Fsp3) is 0.0769. The number of hydrogen-bond acceptors (Lipinski definition) is 1. The zero-order chi connectivity index (χ0) is 10.4. The molecule has 0 aliphatic carbocycles. The first-order valence-corrected chi connectivity index (χ1v) is 5.91. The summed E-state index contributed by atoms with van der Waals surface area (Å²) in [6, 6.07) is 12.6. The molecule has 74 valence electrons. The minimum Gasteiger partial charge on any atom is -0.455 e. The van der Waals surface area contributed by atoms with Crippen molar-refractivity contribution in [3.63, 3.8) is 0 Å². The maximum absolute atomic E-state index is 5.86. The zero-order valence-electron chi connectivity index (χ0n) is 8.25. The average molecular weight is 308 g/mol. The molecule has 1 nitrogen and oxygen atoms in total. The van der Waals surface area contributed by atoms with Crippen LogP contribution in [0.3, 0.4) is 0 Å². The van der Waals surface area contributed by atoms with Gasteiger partial charge in [0.15, 0.2) is 0 Å². The number of rotatable bonds is 0. The summed E-state index contributed by atoms with van der Waals surface area (Å²) in [5, 5.41) is 2.41. The van der Waals surface area contributed by atoms with Gasteiger partial charge in [0.2, 0.25) is 0 Å². The molecule has 15 heavy (non-hydrogen) atoms. The Bertz CT molecular complexity index is 652. The van der Waals surface area contributed by atoms with Gasteiger partial charge in [-0.2, -0.15) is 0 Å². The van der Waals surface area contributed by atoms with E-state index in [9.17, 15) is 0 Å². The molecule has 0 unspecified atom stereocenters. The van der Waals surface area contributed by atoms with Crippen LogP contribution in [0.25, 0.3) is 21.9 Å². The van der Waals surface area contributed by atoms with Gasteiger partial charge in [0, 0.05) is 10.8 Å². The zero-order valence-corrected chi connectivity index (χ0v) is 10.4. The molecule has 3 rings (SSSR count). The largest absolute Gasteiger partial charge is 0.455 e. The molecule has 0 saturated carbocycles. The Morgan fingerprint density at radius 3 is 2.80 bits per heavy atom. The third-order valence-electron chi connectivity index (χ3n) is 2.61. The quantitative estimate of drug-likeness (QED) is 0.557. The summed E-state index contributed by atoms with van der Waals surface area (Å²) in [5.74, 6) is 0. The highest BCUT2D eigenvalue weighted by molar-refractivity contribution is 14.1. The highest BCUT2D eigenvalue weighted by atomic mass is 127. The number of benzene rings is 2. The van der Waals surface area contributed by atoms with Gasteiger partial charge in [0.05, 0.1) is 3.57 Å². The lowest BCUT2D eigenvalue weighted by atomic mass is 10.1. The SMILES string of the molecule is Cc1ccc2c(c1)oc1c(I)cccc12. The van der Waals surface area contributed by atoms with Crippen molar-refractivity contribution in [1.82, 2.24) is 0 Å². The van der Waals surface area contributed by atoms with Crippen molar-refractivity contribution in [1.29, 1.82) is 0 Å². The van der Waals surface area contributed by atoms with E-state index in [0.717, 1.165) is 11.2 Å². The highest BCUT2D eigenvalue weighted by Gasteiger charge is 2.08. The standard InChI is InChI=1S/C13H9IO/c1-8-5-6-9-10-3-2-4-11(14)13(10)15-12(9)7-8/h2-7H,1H3. The molecule has 2 heteroatoms. The third kappa shape index (κ3) is 1.35. The van der Waals surface area contributed by atoms with Crippen molar-refractivity contribution in [3.05, 3.63) is 45.5 Å². The molecule has 0 aliphatic rings. The molecular weight excluding hydrogens is 299 g/mol. The molecule has 0 aliphatic heterocycles. The summed E-state index contributed by atoms with van der Waals surface area (Å²) in [6.45, 7) is 2.08.